The van der Waals surface area contributed by atoms with E-state index in [1.165, 1.54) is 11.1 Å². The number of H-pyrrole nitrogens is 1. The summed E-state index contributed by atoms with van der Waals surface area (Å²) in [5.41, 5.74) is 11.7. The second-order valence-corrected chi connectivity index (χ2v) is 5.66. The number of fused-ring (bicyclic) bond motifs is 5. The fourth-order valence-corrected chi connectivity index (χ4v) is 3.34. The minimum absolute atomic E-state index is 0.202. The zero-order valence-corrected chi connectivity index (χ0v) is 11.9. The molecule has 0 amide bonds. The molecule has 0 saturated heterocycles. The van der Waals surface area contributed by atoms with Gasteiger partial charge in [0.15, 0.2) is 5.82 Å². The molecule has 0 spiro atoms. The monoisotopic (exact) mass is 281 g/mol. The third-order valence-electron chi connectivity index (χ3n) is 4.26. The molecule has 0 unspecified atom stereocenters. The Morgan fingerprint density at radius 3 is 2.81 bits per heavy atom. The van der Waals surface area contributed by atoms with Gasteiger partial charge in [0.05, 0.1) is 5.52 Å². The molecule has 21 heavy (non-hydrogen) atoms. The van der Waals surface area contributed by atoms with Gasteiger partial charge in [-0.05, 0) is 43.9 Å². The van der Waals surface area contributed by atoms with Crippen LogP contribution in [0.2, 0.25) is 0 Å². The van der Waals surface area contributed by atoms with Crippen molar-refractivity contribution >= 4 is 16.7 Å². The van der Waals surface area contributed by atoms with Crippen LogP contribution < -0.4 is 11.4 Å². The molecular formula is C16H15N3O2. The lowest BCUT2D eigenvalue weighted by atomic mass is 9.85. The second-order valence-electron chi connectivity index (χ2n) is 5.66. The number of hydrogen-bond donors (Lipinski definition) is 2. The van der Waals surface area contributed by atoms with E-state index >= 15 is 0 Å². The van der Waals surface area contributed by atoms with Crippen LogP contribution in [0.4, 0.5) is 5.82 Å². The zero-order valence-electron chi connectivity index (χ0n) is 11.9. The van der Waals surface area contributed by atoms with Crippen LogP contribution in [0, 0.1) is 13.8 Å². The highest BCUT2D eigenvalue weighted by Gasteiger charge is 2.25. The molecule has 5 heteroatoms. The summed E-state index contributed by atoms with van der Waals surface area (Å²) in [6.07, 6.45) is 1.74. The van der Waals surface area contributed by atoms with Crippen molar-refractivity contribution in [3.05, 3.63) is 44.8 Å². The number of aryl methyl sites for hydroxylation is 3. The molecule has 4 rings (SSSR count). The van der Waals surface area contributed by atoms with E-state index < -0.39 is 5.63 Å². The van der Waals surface area contributed by atoms with Crippen LogP contribution in [-0.4, -0.2) is 10.2 Å². The summed E-state index contributed by atoms with van der Waals surface area (Å²) in [5.74, 6) is 0.858. The average Bonchev–Trinajstić information content (AvgIpc) is 2.82. The molecule has 0 radical (unpaired) electrons. The van der Waals surface area contributed by atoms with Gasteiger partial charge in [-0.15, -0.1) is 0 Å². The van der Waals surface area contributed by atoms with Gasteiger partial charge < -0.3 is 10.2 Å². The van der Waals surface area contributed by atoms with E-state index in [0.29, 0.717) is 16.7 Å². The van der Waals surface area contributed by atoms with E-state index in [4.69, 9.17) is 10.2 Å². The topological polar surface area (TPSA) is 84.9 Å². The Morgan fingerprint density at radius 1 is 1.24 bits per heavy atom. The van der Waals surface area contributed by atoms with Crippen LogP contribution in [0.3, 0.4) is 0 Å². The van der Waals surface area contributed by atoms with E-state index in [0.717, 1.165) is 29.5 Å². The van der Waals surface area contributed by atoms with Crippen molar-refractivity contribution in [1.82, 2.24) is 10.2 Å². The molecule has 0 bridgehead atoms. The molecule has 0 aliphatic heterocycles. The third kappa shape index (κ3) is 1.57. The number of nitrogens with one attached hydrogen (secondary N) is 1. The van der Waals surface area contributed by atoms with Crippen LogP contribution in [-0.2, 0) is 12.8 Å². The van der Waals surface area contributed by atoms with E-state index in [1.54, 1.807) is 0 Å². The van der Waals surface area contributed by atoms with Crippen LogP contribution >= 0.6 is 0 Å². The first-order chi connectivity index (χ1) is 10.1. The lowest BCUT2D eigenvalue weighted by Crippen LogP contribution is -2.12. The Morgan fingerprint density at radius 2 is 2.00 bits per heavy atom. The second kappa shape index (κ2) is 3.97. The van der Waals surface area contributed by atoms with Crippen molar-refractivity contribution in [3.63, 3.8) is 0 Å². The van der Waals surface area contributed by atoms with Crippen molar-refractivity contribution < 1.29 is 4.42 Å². The molecule has 0 saturated carbocycles. The Labute approximate surface area is 120 Å². The molecule has 3 N–H and O–H groups in total. The third-order valence-corrected chi connectivity index (χ3v) is 4.26. The SMILES string of the molecule is Cc1cc(C)c2c(c1)-c1oc(=O)c3c(N)n[nH]c3c1CC2. The van der Waals surface area contributed by atoms with Crippen LogP contribution in [0.5, 0.6) is 0 Å². The maximum Gasteiger partial charge on any atom is 0.349 e. The molecule has 1 aliphatic carbocycles. The Kier molecular flexibility index (Phi) is 2.31. The molecule has 3 aromatic rings. The summed E-state index contributed by atoms with van der Waals surface area (Å²) >= 11 is 0. The van der Waals surface area contributed by atoms with Crippen LogP contribution in [0.15, 0.2) is 21.3 Å². The fourth-order valence-electron chi connectivity index (χ4n) is 3.34. The van der Waals surface area contributed by atoms with Crippen LogP contribution in [0.1, 0.15) is 22.3 Å². The van der Waals surface area contributed by atoms with Crippen molar-refractivity contribution in [2.45, 2.75) is 26.7 Å². The number of rotatable bonds is 0. The number of anilines is 1. The van der Waals surface area contributed by atoms with E-state index in [2.05, 4.69) is 29.3 Å². The summed E-state index contributed by atoms with van der Waals surface area (Å²) in [7, 11) is 0. The molecule has 2 heterocycles. The van der Waals surface area contributed by atoms with E-state index in [1.807, 2.05) is 6.92 Å². The standard InChI is InChI=1S/C16H15N3O2/c1-7-5-8(2)9-3-4-10-13-12(15(17)19-18-13)16(20)21-14(10)11(9)6-7/h5-6H,3-4H2,1-2H3,(H3,17,18,19). The van der Waals surface area contributed by atoms with Gasteiger partial charge in [-0.2, -0.15) is 5.10 Å². The van der Waals surface area contributed by atoms with Gasteiger partial charge in [-0.3, -0.25) is 5.10 Å². The first-order valence-corrected chi connectivity index (χ1v) is 6.96. The van der Waals surface area contributed by atoms with Crippen LogP contribution in [0.25, 0.3) is 22.2 Å². The quantitative estimate of drug-likeness (QED) is 0.663. The molecule has 0 fully saturated rings. The number of nitrogens with two attached hydrogens (primary N) is 1. The minimum atomic E-state index is -0.429. The Hall–Kier alpha value is -2.56. The highest BCUT2D eigenvalue weighted by atomic mass is 16.4. The average molecular weight is 281 g/mol. The van der Waals surface area contributed by atoms with Gasteiger partial charge in [-0.25, -0.2) is 4.79 Å². The van der Waals surface area contributed by atoms with Gasteiger partial charge in [0.1, 0.15) is 11.1 Å². The van der Waals surface area contributed by atoms with E-state index in [-0.39, 0.29) is 5.82 Å². The number of nitrogens with zero attached hydrogens (tertiary/aromatic N) is 1. The summed E-state index contributed by atoms with van der Waals surface area (Å²) in [6, 6.07) is 4.24. The number of aromatic amines is 1. The first-order valence-electron chi connectivity index (χ1n) is 6.96. The van der Waals surface area contributed by atoms with Gasteiger partial charge in [-0.1, -0.05) is 11.6 Å². The van der Waals surface area contributed by atoms with Crippen molar-refractivity contribution in [2.24, 2.45) is 0 Å². The van der Waals surface area contributed by atoms with Crippen molar-refractivity contribution in [1.29, 1.82) is 0 Å². The van der Waals surface area contributed by atoms with E-state index in [9.17, 15) is 4.79 Å². The number of nitrogen functional groups attached to an aromatic ring is 1. The smallest absolute Gasteiger partial charge is 0.349 e. The maximum atomic E-state index is 12.2. The summed E-state index contributed by atoms with van der Waals surface area (Å²) in [6.45, 7) is 4.15. The number of hydrogen-bond acceptors (Lipinski definition) is 4. The van der Waals surface area contributed by atoms with Crippen molar-refractivity contribution in [3.8, 4) is 11.3 Å². The lowest BCUT2D eigenvalue weighted by molar-refractivity contribution is 0.524. The van der Waals surface area contributed by atoms with Gasteiger partial charge in [0, 0.05) is 11.1 Å². The first kappa shape index (κ1) is 12.2. The molecule has 0 atom stereocenters. The van der Waals surface area contributed by atoms with Gasteiger partial charge in [0.25, 0.3) is 0 Å². The molecule has 106 valence electrons. The van der Waals surface area contributed by atoms with Gasteiger partial charge >= 0.3 is 5.63 Å². The molecule has 1 aromatic carbocycles. The lowest BCUT2D eigenvalue weighted by Gasteiger charge is -2.21. The zero-order chi connectivity index (χ0) is 14.7. The highest BCUT2D eigenvalue weighted by Crippen LogP contribution is 2.38. The Bertz CT molecular complexity index is 950. The maximum absolute atomic E-state index is 12.2. The normalized spacial score (nSPS) is 13.2. The fraction of sp³-hybridized carbons (Fsp3) is 0.250. The largest absolute Gasteiger partial charge is 0.422 e. The highest BCUT2D eigenvalue weighted by molar-refractivity contribution is 5.93. The number of benzene rings is 1. The number of aromatic nitrogens is 2. The molecule has 5 nitrogen and oxygen atoms in total. The summed E-state index contributed by atoms with van der Waals surface area (Å²) in [5, 5.41) is 7.19. The minimum Gasteiger partial charge on any atom is -0.422 e. The molecular weight excluding hydrogens is 266 g/mol. The van der Waals surface area contributed by atoms with Gasteiger partial charge in [0.2, 0.25) is 0 Å². The molecule has 1 aliphatic rings. The Balaban J connectivity index is 2.14. The predicted molar refractivity (Wildman–Crippen MR) is 81.4 cm³/mol. The summed E-state index contributed by atoms with van der Waals surface area (Å²) < 4.78 is 5.59. The summed E-state index contributed by atoms with van der Waals surface area (Å²) in [4.78, 5) is 12.2. The predicted octanol–water partition coefficient (Wildman–Crippen LogP) is 2.48. The van der Waals surface area contributed by atoms with Crippen molar-refractivity contribution in [2.75, 3.05) is 5.73 Å². The molecule has 2 aromatic heterocycles.